The minimum atomic E-state index is -0.120. The zero-order valence-corrected chi connectivity index (χ0v) is 11.5. The van der Waals surface area contributed by atoms with Gasteiger partial charge in [0.2, 0.25) is 11.8 Å². The lowest BCUT2D eigenvalue weighted by molar-refractivity contribution is -0.124. The van der Waals surface area contributed by atoms with Crippen molar-refractivity contribution in [2.45, 2.75) is 19.8 Å². The summed E-state index contributed by atoms with van der Waals surface area (Å²) in [5.74, 6) is 0.296. The first kappa shape index (κ1) is 11.9. The molecule has 0 radical (unpaired) electrons. The van der Waals surface area contributed by atoms with E-state index in [1.165, 1.54) is 4.90 Å². The molecule has 1 saturated heterocycles. The van der Waals surface area contributed by atoms with Gasteiger partial charge in [0.1, 0.15) is 0 Å². The number of amides is 2. The zero-order chi connectivity index (χ0) is 13.9. The van der Waals surface area contributed by atoms with Gasteiger partial charge in [-0.25, -0.2) is 4.90 Å². The summed E-state index contributed by atoms with van der Waals surface area (Å²) in [5, 5.41) is 0. The SMILES string of the molecule is Cc1ccccc1N1C(=O)[C@@H]2[C@@H](C1=O)[C@@H]1C=C[C@@H]2CC1. The van der Waals surface area contributed by atoms with E-state index in [0.717, 1.165) is 24.1 Å². The standard InChI is InChI=1S/C17H17NO2/c1-10-4-2-3-5-13(10)18-16(19)14-11-6-7-12(9-8-11)15(14)17(18)20/h2-7,11-12,14-15H,8-9H2,1H3/t11-,12-,14+,15+/m1/s1. The Balaban J connectivity index is 1.80. The lowest BCUT2D eigenvalue weighted by Crippen LogP contribution is -2.38. The second-order valence-corrected chi connectivity index (χ2v) is 6.14. The fourth-order valence-corrected chi connectivity index (χ4v) is 4.13. The van der Waals surface area contributed by atoms with Gasteiger partial charge in [0.25, 0.3) is 0 Å². The number of allylic oxidation sites excluding steroid dienone is 2. The van der Waals surface area contributed by atoms with E-state index >= 15 is 0 Å². The van der Waals surface area contributed by atoms with Crippen LogP contribution in [0.15, 0.2) is 36.4 Å². The molecule has 2 bridgehead atoms. The molecule has 102 valence electrons. The predicted octanol–water partition coefficient (Wildman–Crippen LogP) is 2.70. The monoisotopic (exact) mass is 267 g/mol. The molecule has 3 heteroatoms. The summed E-state index contributed by atoms with van der Waals surface area (Å²) >= 11 is 0. The van der Waals surface area contributed by atoms with Crippen LogP contribution in [0.4, 0.5) is 5.69 Å². The molecule has 0 unspecified atom stereocenters. The molecule has 1 aliphatic heterocycles. The molecule has 2 amide bonds. The van der Waals surface area contributed by atoms with Crippen LogP contribution in [0.25, 0.3) is 0 Å². The van der Waals surface area contributed by atoms with Crippen LogP contribution in [0.1, 0.15) is 18.4 Å². The average molecular weight is 267 g/mol. The second kappa shape index (κ2) is 4.05. The summed E-state index contributed by atoms with van der Waals surface area (Å²) in [6.07, 6.45) is 6.40. The van der Waals surface area contributed by atoms with Crippen molar-refractivity contribution in [3.63, 3.8) is 0 Å². The molecule has 1 saturated carbocycles. The summed E-state index contributed by atoms with van der Waals surface area (Å²) < 4.78 is 0. The molecular weight excluding hydrogens is 250 g/mol. The van der Waals surface area contributed by atoms with Gasteiger partial charge in [-0.2, -0.15) is 0 Å². The lowest BCUT2D eigenvalue weighted by atomic mass is 9.63. The highest BCUT2D eigenvalue weighted by Gasteiger charge is 2.56. The van der Waals surface area contributed by atoms with Crippen LogP contribution in [0.3, 0.4) is 0 Å². The van der Waals surface area contributed by atoms with Gasteiger partial charge >= 0.3 is 0 Å². The van der Waals surface area contributed by atoms with Crippen molar-refractivity contribution in [3.05, 3.63) is 42.0 Å². The maximum Gasteiger partial charge on any atom is 0.238 e. The number of imide groups is 1. The number of benzene rings is 1. The normalized spacial score (nSPS) is 34.8. The van der Waals surface area contributed by atoms with Crippen LogP contribution in [-0.2, 0) is 9.59 Å². The van der Waals surface area contributed by atoms with Crippen LogP contribution in [0, 0.1) is 30.6 Å². The van der Waals surface area contributed by atoms with Gasteiger partial charge in [-0.15, -0.1) is 0 Å². The lowest BCUT2D eigenvalue weighted by Gasteiger charge is -2.38. The second-order valence-electron chi connectivity index (χ2n) is 6.14. The van der Waals surface area contributed by atoms with Gasteiger partial charge in [-0.3, -0.25) is 9.59 Å². The maximum atomic E-state index is 12.8. The third-order valence-corrected chi connectivity index (χ3v) is 5.12. The molecule has 0 N–H and O–H groups in total. The molecule has 4 atom stereocenters. The van der Waals surface area contributed by atoms with Crippen molar-refractivity contribution in [2.75, 3.05) is 4.90 Å². The highest BCUT2D eigenvalue weighted by Crippen LogP contribution is 2.50. The Morgan fingerprint density at radius 2 is 1.50 bits per heavy atom. The summed E-state index contributed by atoms with van der Waals surface area (Å²) in [4.78, 5) is 27.0. The Hall–Kier alpha value is -1.90. The smallest absolute Gasteiger partial charge is 0.238 e. The van der Waals surface area contributed by atoms with Crippen LogP contribution < -0.4 is 4.90 Å². The fourth-order valence-electron chi connectivity index (χ4n) is 4.13. The Bertz CT molecular complexity index is 602. The largest absolute Gasteiger partial charge is 0.274 e. The number of carbonyl (C=O) groups is 2. The van der Waals surface area contributed by atoms with E-state index in [1.807, 2.05) is 31.2 Å². The first-order valence-corrected chi connectivity index (χ1v) is 7.30. The molecule has 3 nitrogen and oxygen atoms in total. The van der Waals surface area contributed by atoms with Gasteiger partial charge in [0, 0.05) is 0 Å². The van der Waals surface area contributed by atoms with Crippen LogP contribution >= 0.6 is 0 Å². The number of carbonyl (C=O) groups excluding carboxylic acids is 2. The number of rotatable bonds is 1. The predicted molar refractivity (Wildman–Crippen MR) is 76.0 cm³/mol. The van der Waals surface area contributed by atoms with E-state index in [1.54, 1.807) is 0 Å². The van der Waals surface area contributed by atoms with Crippen molar-refractivity contribution in [1.82, 2.24) is 0 Å². The molecule has 5 rings (SSSR count). The third kappa shape index (κ3) is 1.41. The molecule has 1 aromatic carbocycles. The maximum absolute atomic E-state index is 12.8. The third-order valence-electron chi connectivity index (χ3n) is 5.12. The molecule has 2 fully saturated rings. The molecular formula is C17H17NO2. The molecule has 4 aliphatic rings. The number of nitrogens with zero attached hydrogens (tertiary/aromatic N) is 1. The Kier molecular flexibility index (Phi) is 2.40. The highest BCUT2D eigenvalue weighted by atomic mass is 16.2. The number of aryl methyl sites for hydroxylation is 1. The number of fused-ring (bicyclic) bond motifs is 1. The Labute approximate surface area is 118 Å². The van der Waals surface area contributed by atoms with E-state index in [9.17, 15) is 9.59 Å². The molecule has 3 aliphatic carbocycles. The summed E-state index contributed by atoms with van der Waals surface area (Å²) in [6, 6.07) is 7.64. The van der Waals surface area contributed by atoms with Crippen LogP contribution in [0.2, 0.25) is 0 Å². The van der Waals surface area contributed by atoms with E-state index in [4.69, 9.17) is 0 Å². The summed E-state index contributed by atoms with van der Waals surface area (Å²) in [6.45, 7) is 1.95. The zero-order valence-electron chi connectivity index (χ0n) is 11.5. The summed E-state index contributed by atoms with van der Waals surface area (Å²) in [7, 11) is 0. The van der Waals surface area contributed by atoms with Gasteiger partial charge < -0.3 is 0 Å². The Morgan fingerprint density at radius 1 is 0.950 bits per heavy atom. The molecule has 1 aromatic rings. The first-order valence-electron chi connectivity index (χ1n) is 7.30. The molecule has 1 heterocycles. The quantitative estimate of drug-likeness (QED) is 0.579. The molecule has 0 aromatic heterocycles. The van der Waals surface area contributed by atoms with E-state index in [-0.39, 0.29) is 35.5 Å². The number of para-hydroxylation sites is 1. The average Bonchev–Trinajstić information content (AvgIpc) is 2.75. The van der Waals surface area contributed by atoms with Gasteiger partial charge in [-0.1, -0.05) is 30.4 Å². The number of hydrogen-bond acceptors (Lipinski definition) is 2. The summed E-state index contributed by atoms with van der Waals surface area (Å²) in [5.41, 5.74) is 1.74. The topological polar surface area (TPSA) is 37.4 Å². The van der Waals surface area contributed by atoms with Crippen molar-refractivity contribution in [3.8, 4) is 0 Å². The first-order chi connectivity index (χ1) is 9.68. The highest BCUT2D eigenvalue weighted by molar-refractivity contribution is 6.22. The van der Waals surface area contributed by atoms with Gasteiger partial charge in [0.15, 0.2) is 0 Å². The van der Waals surface area contributed by atoms with E-state index in [0.29, 0.717) is 0 Å². The molecule has 20 heavy (non-hydrogen) atoms. The van der Waals surface area contributed by atoms with Crippen LogP contribution in [0.5, 0.6) is 0 Å². The van der Waals surface area contributed by atoms with Crippen molar-refractivity contribution < 1.29 is 9.59 Å². The molecule has 0 spiro atoms. The van der Waals surface area contributed by atoms with Crippen LogP contribution in [-0.4, -0.2) is 11.8 Å². The number of anilines is 1. The van der Waals surface area contributed by atoms with Crippen molar-refractivity contribution in [2.24, 2.45) is 23.7 Å². The van der Waals surface area contributed by atoms with Gasteiger partial charge in [-0.05, 0) is 43.2 Å². The van der Waals surface area contributed by atoms with Crippen molar-refractivity contribution in [1.29, 1.82) is 0 Å². The Morgan fingerprint density at radius 3 is 2.00 bits per heavy atom. The minimum Gasteiger partial charge on any atom is -0.274 e. The van der Waals surface area contributed by atoms with E-state index < -0.39 is 0 Å². The van der Waals surface area contributed by atoms with Gasteiger partial charge in [0.05, 0.1) is 17.5 Å². The number of hydrogen-bond donors (Lipinski definition) is 0. The van der Waals surface area contributed by atoms with Crippen molar-refractivity contribution >= 4 is 17.5 Å². The fraction of sp³-hybridized carbons (Fsp3) is 0.412. The minimum absolute atomic E-state index is 0.00773. The van der Waals surface area contributed by atoms with E-state index in [2.05, 4.69) is 12.2 Å².